The Morgan fingerprint density at radius 2 is 1.69 bits per heavy atom. The molecule has 0 radical (unpaired) electrons. The molecule has 1 heterocycles. The molecule has 10 heteroatoms. The summed E-state index contributed by atoms with van der Waals surface area (Å²) in [6.45, 7) is 1.11. The Hall–Kier alpha value is -3.59. The number of nitrogens with zero attached hydrogens (tertiary/aromatic N) is 1. The summed E-state index contributed by atoms with van der Waals surface area (Å²) < 4.78 is 15.2. The number of fused-ring (bicyclic) bond motifs is 1. The molecule has 0 aromatic heterocycles. The lowest BCUT2D eigenvalue weighted by atomic mass is 10.1. The van der Waals surface area contributed by atoms with Crippen molar-refractivity contribution in [3.63, 3.8) is 0 Å². The largest absolute Gasteiger partial charge is 0.495 e. The fraction of sp³-hybridized carbons (Fsp3) is 0.273. The van der Waals surface area contributed by atoms with Gasteiger partial charge in [0.15, 0.2) is 6.61 Å². The Bertz CT molecular complexity index is 1100. The first-order chi connectivity index (χ1) is 15.2. The van der Waals surface area contributed by atoms with E-state index in [1.165, 1.54) is 26.4 Å². The molecule has 0 aliphatic carbocycles. The number of carbonyl (C=O) groups excluding carboxylic acids is 4. The lowest BCUT2D eigenvalue weighted by molar-refractivity contribution is -0.147. The van der Waals surface area contributed by atoms with Crippen LogP contribution in [0.3, 0.4) is 0 Å². The molecule has 0 spiro atoms. The third kappa shape index (κ3) is 4.83. The van der Waals surface area contributed by atoms with Crippen molar-refractivity contribution in [3.05, 3.63) is 52.0 Å². The summed E-state index contributed by atoms with van der Waals surface area (Å²) in [5.41, 5.74) is 1.75. The molecule has 0 bridgehead atoms. The first-order valence-corrected chi connectivity index (χ1v) is 9.96. The Morgan fingerprint density at radius 1 is 1.00 bits per heavy atom. The number of ether oxygens (including phenoxy) is 3. The highest BCUT2D eigenvalue weighted by atomic mass is 35.5. The van der Waals surface area contributed by atoms with Gasteiger partial charge >= 0.3 is 5.97 Å². The summed E-state index contributed by atoms with van der Waals surface area (Å²) in [5, 5.41) is 2.80. The maximum atomic E-state index is 12.4. The molecular weight excluding hydrogens is 440 g/mol. The van der Waals surface area contributed by atoms with Crippen LogP contribution in [0.5, 0.6) is 11.5 Å². The molecule has 3 rings (SSSR count). The third-order valence-electron chi connectivity index (χ3n) is 4.78. The lowest BCUT2D eigenvalue weighted by Crippen LogP contribution is -2.32. The van der Waals surface area contributed by atoms with Crippen LogP contribution in [0, 0.1) is 6.92 Å². The van der Waals surface area contributed by atoms with Crippen LogP contribution < -0.4 is 14.8 Å². The Morgan fingerprint density at radius 3 is 2.38 bits per heavy atom. The molecule has 1 aliphatic heterocycles. The first-order valence-electron chi connectivity index (χ1n) is 9.59. The van der Waals surface area contributed by atoms with Gasteiger partial charge in [-0.15, -0.1) is 0 Å². The van der Waals surface area contributed by atoms with E-state index >= 15 is 0 Å². The highest BCUT2D eigenvalue weighted by molar-refractivity contribution is 6.32. The van der Waals surface area contributed by atoms with E-state index in [-0.39, 0.29) is 23.7 Å². The number of amides is 3. The average Bonchev–Trinajstić information content (AvgIpc) is 3.00. The van der Waals surface area contributed by atoms with Crippen LogP contribution in [0.4, 0.5) is 5.69 Å². The molecule has 32 heavy (non-hydrogen) atoms. The number of benzene rings is 2. The van der Waals surface area contributed by atoms with Crippen molar-refractivity contribution < 1.29 is 33.4 Å². The Labute approximate surface area is 189 Å². The van der Waals surface area contributed by atoms with E-state index in [2.05, 4.69) is 5.32 Å². The molecule has 1 N–H and O–H groups in total. The minimum Gasteiger partial charge on any atom is -0.495 e. The first kappa shape index (κ1) is 23.1. The van der Waals surface area contributed by atoms with Gasteiger partial charge in [0.25, 0.3) is 17.7 Å². The predicted molar refractivity (Wildman–Crippen MR) is 115 cm³/mol. The highest BCUT2D eigenvalue weighted by Gasteiger charge is 2.35. The zero-order chi connectivity index (χ0) is 23.4. The molecule has 2 aromatic rings. The molecule has 0 fully saturated rings. The summed E-state index contributed by atoms with van der Waals surface area (Å²) in [5.74, 6) is -1.58. The van der Waals surface area contributed by atoms with Crippen molar-refractivity contribution in [2.45, 2.75) is 13.3 Å². The van der Waals surface area contributed by atoms with Crippen molar-refractivity contribution in [1.82, 2.24) is 4.90 Å². The van der Waals surface area contributed by atoms with E-state index in [1.54, 1.807) is 18.2 Å². The van der Waals surface area contributed by atoms with Gasteiger partial charge in [0.1, 0.15) is 11.5 Å². The van der Waals surface area contributed by atoms with Crippen LogP contribution in [0.2, 0.25) is 5.02 Å². The summed E-state index contributed by atoms with van der Waals surface area (Å²) in [6.07, 6.45) is -0.241. The zero-order valence-corrected chi connectivity index (χ0v) is 18.4. The van der Waals surface area contributed by atoms with E-state index < -0.39 is 30.3 Å². The number of hydrogen-bond donors (Lipinski definition) is 1. The number of aryl methyl sites for hydroxylation is 1. The summed E-state index contributed by atoms with van der Waals surface area (Å²) >= 11 is 6.06. The van der Waals surface area contributed by atoms with Crippen LogP contribution in [-0.4, -0.2) is 56.0 Å². The number of nitrogens with one attached hydrogen (secondary N) is 1. The number of halogens is 1. The number of methoxy groups -OCH3 is 2. The molecule has 0 unspecified atom stereocenters. The second kappa shape index (κ2) is 9.69. The van der Waals surface area contributed by atoms with Crippen molar-refractivity contribution in [2.24, 2.45) is 0 Å². The summed E-state index contributed by atoms with van der Waals surface area (Å²) in [4.78, 5) is 50.0. The molecule has 168 valence electrons. The van der Waals surface area contributed by atoms with Crippen molar-refractivity contribution >= 4 is 41.0 Å². The number of carbonyl (C=O) groups is 4. The minimum absolute atomic E-state index is 0.145. The normalized spacial score (nSPS) is 12.4. The monoisotopic (exact) mass is 460 g/mol. The second-order valence-electron chi connectivity index (χ2n) is 6.96. The van der Waals surface area contributed by atoms with Crippen LogP contribution in [0.25, 0.3) is 0 Å². The Kier molecular flexibility index (Phi) is 6.99. The van der Waals surface area contributed by atoms with Gasteiger partial charge in [-0.05, 0) is 25.1 Å². The highest BCUT2D eigenvalue weighted by Crippen LogP contribution is 2.35. The molecule has 0 saturated carbocycles. The number of anilines is 1. The van der Waals surface area contributed by atoms with Gasteiger partial charge in [0.2, 0.25) is 0 Å². The fourth-order valence-electron chi connectivity index (χ4n) is 3.17. The van der Waals surface area contributed by atoms with E-state index in [4.69, 9.17) is 25.8 Å². The molecule has 3 amide bonds. The van der Waals surface area contributed by atoms with Crippen molar-refractivity contribution in [2.75, 3.05) is 32.7 Å². The standard InChI is InChI=1S/C22H21ClN2O7/c1-12-4-5-13-14(8-12)22(29)25(21(13)28)7-6-20(27)32-11-19(26)24-16-9-15(23)17(30-2)10-18(16)31-3/h4-5,8-10H,6-7,11H2,1-3H3,(H,24,26). The van der Waals surface area contributed by atoms with E-state index in [9.17, 15) is 19.2 Å². The van der Waals surface area contributed by atoms with Gasteiger partial charge in [0, 0.05) is 12.6 Å². The molecule has 0 saturated heterocycles. The van der Waals surface area contributed by atoms with E-state index in [0.29, 0.717) is 22.6 Å². The number of hydrogen-bond acceptors (Lipinski definition) is 7. The van der Waals surface area contributed by atoms with Crippen LogP contribution >= 0.6 is 11.6 Å². The number of esters is 1. The maximum Gasteiger partial charge on any atom is 0.308 e. The quantitative estimate of drug-likeness (QED) is 0.476. The van der Waals surface area contributed by atoms with Crippen molar-refractivity contribution in [1.29, 1.82) is 0 Å². The summed E-state index contributed by atoms with van der Waals surface area (Å²) in [7, 11) is 2.86. The van der Waals surface area contributed by atoms with Gasteiger partial charge in [-0.25, -0.2) is 0 Å². The third-order valence-corrected chi connectivity index (χ3v) is 5.07. The smallest absolute Gasteiger partial charge is 0.308 e. The van der Waals surface area contributed by atoms with Gasteiger partial charge in [-0.3, -0.25) is 24.1 Å². The fourth-order valence-corrected chi connectivity index (χ4v) is 3.41. The van der Waals surface area contributed by atoms with Gasteiger partial charge in [-0.1, -0.05) is 23.2 Å². The SMILES string of the molecule is COc1cc(OC)c(NC(=O)COC(=O)CCN2C(=O)c3ccc(C)cc3C2=O)cc1Cl. The minimum atomic E-state index is -0.729. The zero-order valence-electron chi connectivity index (χ0n) is 17.7. The molecule has 2 aromatic carbocycles. The van der Waals surface area contributed by atoms with E-state index in [0.717, 1.165) is 10.5 Å². The number of imide groups is 1. The van der Waals surface area contributed by atoms with E-state index in [1.807, 2.05) is 6.92 Å². The molecule has 9 nitrogen and oxygen atoms in total. The lowest BCUT2D eigenvalue weighted by Gasteiger charge is -2.14. The van der Waals surface area contributed by atoms with Gasteiger partial charge in [0.05, 0.1) is 42.5 Å². The second-order valence-corrected chi connectivity index (χ2v) is 7.36. The van der Waals surface area contributed by atoms with Crippen LogP contribution in [0.15, 0.2) is 30.3 Å². The topological polar surface area (TPSA) is 111 Å². The van der Waals surface area contributed by atoms with Crippen LogP contribution in [0.1, 0.15) is 32.7 Å². The van der Waals surface area contributed by atoms with Crippen LogP contribution in [-0.2, 0) is 14.3 Å². The molecule has 0 atom stereocenters. The van der Waals surface area contributed by atoms with Crippen molar-refractivity contribution in [3.8, 4) is 11.5 Å². The Balaban J connectivity index is 1.52. The summed E-state index contributed by atoms with van der Waals surface area (Å²) in [6, 6.07) is 7.92. The average molecular weight is 461 g/mol. The number of rotatable bonds is 8. The molecule has 1 aliphatic rings. The molecular formula is C22H21ClN2O7. The maximum absolute atomic E-state index is 12.4. The predicted octanol–water partition coefficient (Wildman–Crippen LogP) is 2.83. The van der Waals surface area contributed by atoms with Gasteiger partial charge in [-0.2, -0.15) is 0 Å². The van der Waals surface area contributed by atoms with Gasteiger partial charge < -0.3 is 19.5 Å².